The summed E-state index contributed by atoms with van der Waals surface area (Å²) >= 11 is 0. The average Bonchev–Trinajstić information content (AvgIpc) is 3.06. The van der Waals surface area contributed by atoms with Crippen LogP contribution in [-0.2, 0) is 32.6 Å². The number of carbonyl (C=O) groups excluding carboxylic acids is 2. The van der Waals surface area contributed by atoms with E-state index in [-0.39, 0.29) is 29.7 Å². The zero-order chi connectivity index (χ0) is 34.0. The van der Waals surface area contributed by atoms with Gasteiger partial charge < -0.3 is 15.0 Å². The van der Waals surface area contributed by atoms with Crippen LogP contribution in [0.1, 0.15) is 37.5 Å². The van der Waals surface area contributed by atoms with Crippen LogP contribution < -0.4 is 14.4 Å². The lowest BCUT2D eigenvalue weighted by Crippen LogP contribution is -2.53. The predicted octanol–water partition coefficient (Wildman–Crippen LogP) is 6.14. The van der Waals surface area contributed by atoms with E-state index < -0.39 is 34.3 Å². The summed E-state index contributed by atoms with van der Waals surface area (Å²) < 4.78 is 48.8. The quantitative estimate of drug-likeness (QED) is 0.166. The number of anilines is 1. The number of halogens is 1. The number of aryl methyl sites for hydroxylation is 1. The van der Waals surface area contributed by atoms with E-state index in [0.717, 1.165) is 15.4 Å². The van der Waals surface area contributed by atoms with Crippen LogP contribution in [0.3, 0.4) is 0 Å². The molecule has 4 rings (SSSR count). The highest BCUT2D eigenvalue weighted by Crippen LogP contribution is 2.27. The molecule has 0 aliphatic rings. The van der Waals surface area contributed by atoms with Gasteiger partial charge in [0.2, 0.25) is 11.8 Å². The van der Waals surface area contributed by atoms with Crippen LogP contribution in [0.4, 0.5) is 10.1 Å². The first kappa shape index (κ1) is 35.2. The maximum Gasteiger partial charge on any atom is 0.264 e. The Hall–Kier alpha value is -4.70. The van der Waals surface area contributed by atoms with E-state index in [0.29, 0.717) is 30.2 Å². The zero-order valence-electron chi connectivity index (χ0n) is 27.2. The first-order chi connectivity index (χ1) is 22.5. The van der Waals surface area contributed by atoms with Gasteiger partial charge in [0, 0.05) is 19.5 Å². The SMILES string of the molecule is CCOc1ccc(S(=O)(=O)N(CC(=O)N(Cc2ccc(F)cc2)C(Cc2ccccc2)C(=O)NCC(C)C)c2ccc(C)cc2)cc1. The summed E-state index contributed by atoms with van der Waals surface area (Å²) in [5.74, 6) is -0.714. The molecule has 1 N–H and O–H groups in total. The molecule has 4 aromatic rings. The molecular formula is C37H42FN3O5S. The normalized spacial score (nSPS) is 12.0. The highest BCUT2D eigenvalue weighted by Gasteiger charge is 2.34. The largest absolute Gasteiger partial charge is 0.494 e. The van der Waals surface area contributed by atoms with Gasteiger partial charge in [-0.15, -0.1) is 0 Å². The summed E-state index contributed by atoms with van der Waals surface area (Å²) in [6, 6.07) is 26.9. The fourth-order valence-corrected chi connectivity index (χ4v) is 6.42. The van der Waals surface area contributed by atoms with Crippen LogP contribution in [0.2, 0.25) is 0 Å². The summed E-state index contributed by atoms with van der Waals surface area (Å²) in [6.07, 6.45) is 0.188. The van der Waals surface area contributed by atoms with Gasteiger partial charge in [-0.1, -0.05) is 74.0 Å². The number of ether oxygens (including phenoxy) is 1. The number of sulfonamides is 1. The molecule has 4 aromatic carbocycles. The summed E-state index contributed by atoms with van der Waals surface area (Å²) in [4.78, 5) is 29.7. The van der Waals surface area contributed by atoms with Gasteiger partial charge in [0.05, 0.1) is 17.2 Å². The van der Waals surface area contributed by atoms with E-state index in [1.807, 2.05) is 58.0 Å². The zero-order valence-corrected chi connectivity index (χ0v) is 28.0. The number of benzene rings is 4. The summed E-state index contributed by atoms with van der Waals surface area (Å²) in [7, 11) is -4.25. The van der Waals surface area contributed by atoms with Crippen molar-refractivity contribution in [3.8, 4) is 5.75 Å². The number of carbonyl (C=O) groups is 2. The number of rotatable bonds is 15. The monoisotopic (exact) mass is 659 g/mol. The second kappa shape index (κ2) is 16.2. The molecule has 0 fully saturated rings. The van der Waals surface area contributed by atoms with Gasteiger partial charge in [0.1, 0.15) is 24.2 Å². The summed E-state index contributed by atoms with van der Waals surface area (Å²) in [6.45, 7) is 7.85. The maximum atomic E-state index is 14.5. The Balaban J connectivity index is 1.78. The van der Waals surface area contributed by atoms with E-state index in [1.165, 1.54) is 29.2 Å². The molecule has 0 aromatic heterocycles. The second-order valence-electron chi connectivity index (χ2n) is 11.7. The van der Waals surface area contributed by atoms with Gasteiger partial charge in [-0.25, -0.2) is 12.8 Å². The van der Waals surface area contributed by atoms with Crippen molar-refractivity contribution in [1.29, 1.82) is 0 Å². The molecule has 8 nitrogen and oxygen atoms in total. The van der Waals surface area contributed by atoms with E-state index in [4.69, 9.17) is 4.74 Å². The lowest BCUT2D eigenvalue weighted by molar-refractivity contribution is -0.140. The highest BCUT2D eigenvalue weighted by atomic mass is 32.2. The smallest absolute Gasteiger partial charge is 0.264 e. The minimum atomic E-state index is -4.25. The molecule has 10 heteroatoms. The first-order valence-electron chi connectivity index (χ1n) is 15.7. The molecule has 0 aliphatic carbocycles. The fraction of sp³-hybridized carbons (Fsp3) is 0.297. The molecule has 1 unspecified atom stereocenters. The van der Waals surface area contributed by atoms with E-state index in [2.05, 4.69) is 5.32 Å². The lowest BCUT2D eigenvalue weighted by atomic mass is 10.0. The number of nitrogens with zero attached hydrogens (tertiary/aromatic N) is 2. The number of nitrogens with one attached hydrogen (secondary N) is 1. The Morgan fingerprint density at radius 2 is 1.49 bits per heavy atom. The van der Waals surface area contributed by atoms with Gasteiger partial charge in [-0.2, -0.15) is 0 Å². The van der Waals surface area contributed by atoms with Crippen molar-refractivity contribution < 1.29 is 27.1 Å². The third-order valence-corrected chi connectivity index (χ3v) is 9.33. The van der Waals surface area contributed by atoms with E-state index in [9.17, 15) is 22.4 Å². The lowest BCUT2D eigenvalue weighted by Gasteiger charge is -2.34. The van der Waals surface area contributed by atoms with Gasteiger partial charge in [-0.05, 0) is 79.4 Å². The molecule has 0 saturated carbocycles. The number of hydrogen-bond acceptors (Lipinski definition) is 5. The third kappa shape index (κ3) is 9.65. The Bertz CT molecular complexity index is 1710. The summed E-state index contributed by atoms with van der Waals surface area (Å²) in [5.41, 5.74) is 2.63. The van der Waals surface area contributed by atoms with Crippen molar-refractivity contribution in [2.45, 2.75) is 51.6 Å². The fourth-order valence-electron chi connectivity index (χ4n) is 5.00. The van der Waals surface area contributed by atoms with Crippen molar-refractivity contribution in [1.82, 2.24) is 10.2 Å². The summed E-state index contributed by atoms with van der Waals surface area (Å²) in [5, 5.41) is 2.96. The predicted molar refractivity (Wildman–Crippen MR) is 182 cm³/mol. The number of amides is 2. The standard InChI is InChI=1S/C37H42FN3O5S/c1-5-46-33-19-21-34(22-20-33)47(44,45)41(32-17-11-28(4)12-18-32)26-36(42)40(25-30-13-15-31(38)16-14-30)35(37(43)39-24-27(2)3)23-29-9-7-6-8-10-29/h6-22,27,35H,5,23-26H2,1-4H3,(H,39,43). The van der Waals surface area contributed by atoms with Crippen molar-refractivity contribution in [3.05, 3.63) is 126 Å². The van der Waals surface area contributed by atoms with Gasteiger partial charge >= 0.3 is 0 Å². The topological polar surface area (TPSA) is 96.0 Å². The average molecular weight is 660 g/mol. The Kier molecular flexibility index (Phi) is 12.1. The van der Waals surface area contributed by atoms with Crippen molar-refractivity contribution in [3.63, 3.8) is 0 Å². The van der Waals surface area contributed by atoms with Crippen LogP contribution in [-0.4, -0.2) is 50.9 Å². The molecular weight excluding hydrogens is 617 g/mol. The van der Waals surface area contributed by atoms with Crippen LogP contribution in [0.25, 0.3) is 0 Å². The Morgan fingerprint density at radius 1 is 0.851 bits per heavy atom. The van der Waals surface area contributed by atoms with Crippen LogP contribution in [0, 0.1) is 18.7 Å². The molecule has 0 spiro atoms. The van der Waals surface area contributed by atoms with Gasteiger partial charge in [-0.3, -0.25) is 13.9 Å². The molecule has 248 valence electrons. The Morgan fingerprint density at radius 3 is 2.09 bits per heavy atom. The molecule has 0 bridgehead atoms. The Labute approximate surface area is 277 Å². The second-order valence-corrected chi connectivity index (χ2v) is 13.6. The van der Waals surface area contributed by atoms with Crippen LogP contribution >= 0.6 is 0 Å². The molecule has 0 heterocycles. The first-order valence-corrected chi connectivity index (χ1v) is 17.1. The molecule has 2 amide bonds. The maximum absolute atomic E-state index is 14.5. The van der Waals surface area contributed by atoms with Crippen LogP contribution in [0.5, 0.6) is 5.75 Å². The molecule has 0 radical (unpaired) electrons. The highest BCUT2D eigenvalue weighted by molar-refractivity contribution is 7.92. The minimum Gasteiger partial charge on any atom is -0.494 e. The van der Waals surface area contributed by atoms with Gasteiger partial charge in [0.25, 0.3) is 10.0 Å². The molecule has 0 aliphatic heterocycles. The molecule has 0 saturated heterocycles. The van der Waals surface area contributed by atoms with E-state index in [1.54, 1.807) is 48.5 Å². The van der Waals surface area contributed by atoms with Gasteiger partial charge in [0.15, 0.2) is 0 Å². The van der Waals surface area contributed by atoms with E-state index >= 15 is 0 Å². The van der Waals surface area contributed by atoms with Crippen molar-refractivity contribution in [2.24, 2.45) is 5.92 Å². The third-order valence-electron chi connectivity index (χ3n) is 7.55. The molecule has 47 heavy (non-hydrogen) atoms. The molecule has 1 atom stereocenters. The van der Waals surface area contributed by atoms with Crippen LogP contribution in [0.15, 0.2) is 108 Å². The van der Waals surface area contributed by atoms with Crippen molar-refractivity contribution >= 4 is 27.5 Å². The van der Waals surface area contributed by atoms with Crippen molar-refractivity contribution in [2.75, 3.05) is 24.0 Å². The number of hydrogen-bond donors (Lipinski definition) is 1. The minimum absolute atomic E-state index is 0.0186.